The maximum Gasteiger partial charge on any atom is 0.118 e. The van der Waals surface area contributed by atoms with Crippen LogP contribution in [0.25, 0.3) is 0 Å². The standard InChI is InChI=1S/C14H18O/c1-4-6-12(7-5-2)13-8-9-14(15)11(3)10-13/h1,8-10,12,15H,5-7H2,2-3H3. The van der Waals surface area contributed by atoms with Crippen LogP contribution < -0.4 is 0 Å². The van der Waals surface area contributed by atoms with Crippen molar-refractivity contribution in [2.75, 3.05) is 0 Å². The van der Waals surface area contributed by atoms with Gasteiger partial charge in [-0.2, -0.15) is 0 Å². The molecular formula is C14H18O. The number of terminal acetylenes is 1. The Bertz CT molecular complexity index is 360. The number of rotatable bonds is 4. The zero-order valence-corrected chi connectivity index (χ0v) is 9.46. The second kappa shape index (κ2) is 5.46. The van der Waals surface area contributed by atoms with Gasteiger partial charge in [0.25, 0.3) is 0 Å². The molecule has 1 aromatic rings. The Morgan fingerprint density at radius 3 is 2.73 bits per heavy atom. The highest BCUT2D eigenvalue weighted by molar-refractivity contribution is 5.36. The molecule has 0 spiro atoms. The van der Waals surface area contributed by atoms with E-state index in [9.17, 15) is 5.11 Å². The zero-order chi connectivity index (χ0) is 11.3. The smallest absolute Gasteiger partial charge is 0.118 e. The Hall–Kier alpha value is -1.42. The van der Waals surface area contributed by atoms with Crippen LogP contribution in [-0.4, -0.2) is 5.11 Å². The molecule has 1 unspecified atom stereocenters. The summed E-state index contributed by atoms with van der Waals surface area (Å²) >= 11 is 0. The normalized spacial score (nSPS) is 12.1. The van der Waals surface area contributed by atoms with Crippen LogP contribution in [-0.2, 0) is 0 Å². The molecule has 0 saturated carbocycles. The second-order valence-electron chi connectivity index (χ2n) is 3.94. The largest absolute Gasteiger partial charge is 0.508 e. The molecule has 1 aromatic carbocycles. The lowest BCUT2D eigenvalue weighted by atomic mass is 9.91. The van der Waals surface area contributed by atoms with Crippen LogP contribution in [0.3, 0.4) is 0 Å². The molecule has 0 aromatic heterocycles. The molecule has 0 aliphatic heterocycles. The molecule has 1 nitrogen and oxygen atoms in total. The molecule has 1 N–H and O–H groups in total. The Morgan fingerprint density at radius 2 is 2.20 bits per heavy atom. The number of hydrogen-bond donors (Lipinski definition) is 1. The average molecular weight is 202 g/mol. The van der Waals surface area contributed by atoms with E-state index in [1.807, 2.05) is 19.1 Å². The van der Waals surface area contributed by atoms with E-state index in [4.69, 9.17) is 6.42 Å². The maximum atomic E-state index is 9.44. The van der Waals surface area contributed by atoms with E-state index in [2.05, 4.69) is 12.8 Å². The van der Waals surface area contributed by atoms with Gasteiger partial charge in [0.2, 0.25) is 0 Å². The van der Waals surface area contributed by atoms with Crippen LogP contribution in [0.1, 0.15) is 43.2 Å². The van der Waals surface area contributed by atoms with E-state index < -0.39 is 0 Å². The van der Waals surface area contributed by atoms with Gasteiger partial charge in [-0.25, -0.2) is 0 Å². The minimum atomic E-state index is 0.356. The van der Waals surface area contributed by atoms with Gasteiger partial charge >= 0.3 is 0 Å². The zero-order valence-electron chi connectivity index (χ0n) is 9.46. The topological polar surface area (TPSA) is 20.2 Å². The molecule has 1 heteroatoms. The molecule has 0 aliphatic carbocycles. The SMILES string of the molecule is C#CCC(CCC)c1ccc(O)c(C)c1. The van der Waals surface area contributed by atoms with Gasteiger partial charge in [0, 0.05) is 6.42 Å². The van der Waals surface area contributed by atoms with Crippen molar-refractivity contribution in [3.05, 3.63) is 29.3 Å². The summed E-state index contributed by atoms with van der Waals surface area (Å²) < 4.78 is 0. The minimum absolute atomic E-state index is 0.356. The molecule has 0 aliphatic rings. The summed E-state index contributed by atoms with van der Waals surface area (Å²) in [5.74, 6) is 3.51. The monoisotopic (exact) mass is 202 g/mol. The number of benzene rings is 1. The highest BCUT2D eigenvalue weighted by atomic mass is 16.3. The van der Waals surface area contributed by atoms with Crippen molar-refractivity contribution in [2.45, 2.75) is 39.0 Å². The molecule has 0 fully saturated rings. The van der Waals surface area contributed by atoms with E-state index in [1.165, 1.54) is 5.56 Å². The van der Waals surface area contributed by atoms with E-state index in [-0.39, 0.29) is 0 Å². The van der Waals surface area contributed by atoms with Crippen molar-refractivity contribution >= 4 is 0 Å². The van der Waals surface area contributed by atoms with E-state index in [1.54, 1.807) is 6.07 Å². The van der Waals surface area contributed by atoms with Gasteiger partial charge < -0.3 is 5.11 Å². The Morgan fingerprint density at radius 1 is 1.47 bits per heavy atom. The predicted molar refractivity (Wildman–Crippen MR) is 63.9 cm³/mol. The van der Waals surface area contributed by atoms with Gasteiger partial charge in [0.15, 0.2) is 0 Å². The summed E-state index contributed by atoms with van der Waals surface area (Å²) in [6, 6.07) is 5.76. The van der Waals surface area contributed by atoms with Crippen molar-refractivity contribution in [2.24, 2.45) is 0 Å². The van der Waals surface area contributed by atoms with E-state index in [0.29, 0.717) is 11.7 Å². The van der Waals surface area contributed by atoms with Crippen LogP contribution in [0.4, 0.5) is 0 Å². The fraction of sp³-hybridized carbons (Fsp3) is 0.429. The molecule has 15 heavy (non-hydrogen) atoms. The predicted octanol–water partition coefficient (Wildman–Crippen LogP) is 3.61. The van der Waals surface area contributed by atoms with Crippen molar-refractivity contribution in [1.82, 2.24) is 0 Å². The van der Waals surface area contributed by atoms with Crippen molar-refractivity contribution in [3.8, 4) is 18.1 Å². The van der Waals surface area contributed by atoms with Gasteiger partial charge in [0.1, 0.15) is 5.75 Å². The molecule has 1 atom stereocenters. The van der Waals surface area contributed by atoms with Crippen LogP contribution in [0.2, 0.25) is 0 Å². The minimum Gasteiger partial charge on any atom is -0.508 e. The van der Waals surface area contributed by atoms with E-state index in [0.717, 1.165) is 24.8 Å². The summed E-state index contributed by atoms with van der Waals surface area (Å²) in [6.07, 6.45) is 8.38. The summed E-state index contributed by atoms with van der Waals surface area (Å²) in [6.45, 7) is 4.08. The third kappa shape index (κ3) is 3.02. The van der Waals surface area contributed by atoms with Gasteiger partial charge in [-0.15, -0.1) is 12.3 Å². The molecule has 0 bridgehead atoms. The summed E-state index contributed by atoms with van der Waals surface area (Å²) in [5, 5.41) is 9.44. The van der Waals surface area contributed by atoms with Crippen LogP contribution in [0.15, 0.2) is 18.2 Å². The van der Waals surface area contributed by atoms with E-state index >= 15 is 0 Å². The first kappa shape index (κ1) is 11.7. The number of phenols is 1. The van der Waals surface area contributed by atoms with Gasteiger partial charge in [-0.1, -0.05) is 25.5 Å². The lowest BCUT2D eigenvalue weighted by molar-refractivity contribution is 0.470. The average Bonchev–Trinajstić information content (AvgIpc) is 2.22. The Balaban J connectivity index is 2.91. The number of hydrogen-bond acceptors (Lipinski definition) is 1. The molecule has 0 heterocycles. The fourth-order valence-electron chi connectivity index (χ4n) is 1.81. The van der Waals surface area contributed by atoms with Crippen LogP contribution >= 0.6 is 0 Å². The summed E-state index contributed by atoms with van der Waals surface area (Å²) in [7, 11) is 0. The summed E-state index contributed by atoms with van der Waals surface area (Å²) in [4.78, 5) is 0. The number of phenolic OH excluding ortho intramolecular Hbond substituents is 1. The second-order valence-corrected chi connectivity index (χ2v) is 3.94. The van der Waals surface area contributed by atoms with Crippen LogP contribution in [0.5, 0.6) is 5.75 Å². The Labute approximate surface area is 92.1 Å². The number of aryl methyl sites for hydroxylation is 1. The van der Waals surface area contributed by atoms with Gasteiger partial charge in [-0.3, -0.25) is 0 Å². The molecule has 0 amide bonds. The third-order valence-electron chi connectivity index (χ3n) is 2.69. The fourth-order valence-corrected chi connectivity index (χ4v) is 1.81. The third-order valence-corrected chi connectivity index (χ3v) is 2.69. The van der Waals surface area contributed by atoms with Crippen molar-refractivity contribution in [3.63, 3.8) is 0 Å². The first-order chi connectivity index (χ1) is 7.19. The van der Waals surface area contributed by atoms with Gasteiger partial charge in [-0.05, 0) is 36.5 Å². The highest BCUT2D eigenvalue weighted by Crippen LogP contribution is 2.28. The van der Waals surface area contributed by atoms with Crippen molar-refractivity contribution < 1.29 is 5.11 Å². The molecule has 0 radical (unpaired) electrons. The maximum absolute atomic E-state index is 9.44. The van der Waals surface area contributed by atoms with Gasteiger partial charge in [0.05, 0.1) is 0 Å². The first-order valence-corrected chi connectivity index (χ1v) is 5.42. The van der Waals surface area contributed by atoms with Crippen LogP contribution in [0, 0.1) is 19.3 Å². The molecule has 0 saturated heterocycles. The molecule has 80 valence electrons. The highest BCUT2D eigenvalue weighted by Gasteiger charge is 2.10. The quantitative estimate of drug-likeness (QED) is 0.739. The van der Waals surface area contributed by atoms with Crippen molar-refractivity contribution in [1.29, 1.82) is 0 Å². The number of aromatic hydroxyl groups is 1. The molecule has 1 rings (SSSR count). The first-order valence-electron chi connectivity index (χ1n) is 5.42. The Kier molecular flexibility index (Phi) is 4.24. The lowest BCUT2D eigenvalue weighted by Crippen LogP contribution is -1.98. The lowest BCUT2D eigenvalue weighted by Gasteiger charge is -2.14. The molecular weight excluding hydrogens is 184 g/mol. The summed E-state index contributed by atoms with van der Waals surface area (Å²) in [5.41, 5.74) is 2.16.